The Labute approximate surface area is 115 Å². The van der Waals surface area contributed by atoms with Crippen molar-refractivity contribution in [2.75, 3.05) is 19.8 Å². The molecule has 0 unspecified atom stereocenters. The summed E-state index contributed by atoms with van der Waals surface area (Å²) < 4.78 is 17.5. The molecule has 106 valence electrons. The van der Waals surface area contributed by atoms with Crippen LogP contribution in [0.1, 0.15) is 43.4 Å². The molecule has 1 fully saturated rings. The molecule has 1 aromatic carbocycles. The molecule has 1 heterocycles. The molecule has 0 radical (unpaired) electrons. The van der Waals surface area contributed by atoms with Crippen LogP contribution < -0.4 is 4.74 Å². The summed E-state index contributed by atoms with van der Waals surface area (Å²) in [5.41, 5.74) is 3.54. The van der Waals surface area contributed by atoms with Crippen LogP contribution in [0.5, 0.6) is 5.75 Å². The van der Waals surface area contributed by atoms with Gasteiger partial charge in [0.2, 0.25) is 0 Å². The van der Waals surface area contributed by atoms with Gasteiger partial charge < -0.3 is 14.2 Å². The predicted molar refractivity (Wildman–Crippen MR) is 75.6 cm³/mol. The average Bonchev–Trinajstić information content (AvgIpc) is 2.78. The highest BCUT2D eigenvalue weighted by atomic mass is 16.7. The summed E-state index contributed by atoms with van der Waals surface area (Å²) in [6.45, 7) is 10.4. The molecule has 0 spiro atoms. The van der Waals surface area contributed by atoms with Gasteiger partial charge in [-0.3, -0.25) is 0 Å². The van der Waals surface area contributed by atoms with Crippen LogP contribution in [0, 0.1) is 13.8 Å². The molecule has 0 saturated carbocycles. The second-order valence-electron chi connectivity index (χ2n) is 5.06. The molecule has 3 nitrogen and oxygen atoms in total. The van der Waals surface area contributed by atoms with E-state index in [2.05, 4.69) is 32.9 Å². The highest BCUT2D eigenvalue weighted by Crippen LogP contribution is 2.40. The monoisotopic (exact) mass is 264 g/mol. The van der Waals surface area contributed by atoms with Crippen LogP contribution in [-0.2, 0) is 15.3 Å². The lowest BCUT2D eigenvalue weighted by Gasteiger charge is -2.31. The van der Waals surface area contributed by atoms with Gasteiger partial charge in [0.05, 0.1) is 19.8 Å². The Hall–Kier alpha value is -1.06. The van der Waals surface area contributed by atoms with E-state index in [0.29, 0.717) is 19.8 Å². The Morgan fingerprint density at radius 2 is 1.68 bits per heavy atom. The maximum atomic E-state index is 5.97. The first-order valence-corrected chi connectivity index (χ1v) is 7.15. The molecule has 0 amide bonds. The Morgan fingerprint density at radius 3 is 2.16 bits per heavy atom. The molecule has 0 aliphatic carbocycles. The van der Waals surface area contributed by atoms with Crippen LogP contribution >= 0.6 is 0 Å². The lowest BCUT2D eigenvalue weighted by atomic mass is 9.92. The lowest BCUT2D eigenvalue weighted by Crippen LogP contribution is -2.29. The van der Waals surface area contributed by atoms with Crippen molar-refractivity contribution in [1.82, 2.24) is 0 Å². The summed E-state index contributed by atoms with van der Waals surface area (Å²) >= 11 is 0. The van der Waals surface area contributed by atoms with Crippen molar-refractivity contribution in [1.29, 1.82) is 0 Å². The third-order valence-corrected chi connectivity index (χ3v) is 3.53. The van der Waals surface area contributed by atoms with Gasteiger partial charge >= 0.3 is 0 Å². The quantitative estimate of drug-likeness (QED) is 0.811. The van der Waals surface area contributed by atoms with Gasteiger partial charge in [-0.05, 0) is 44.0 Å². The molecule has 0 bridgehead atoms. The second-order valence-corrected chi connectivity index (χ2v) is 5.06. The lowest BCUT2D eigenvalue weighted by molar-refractivity contribution is -0.171. The van der Waals surface area contributed by atoms with Gasteiger partial charge in [-0.2, -0.15) is 0 Å². The maximum absolute atomic E-state index is 5.97. The van der Waals surface area contributed by atoms with E-state index in [-0.39, 0.29) is 0 Å². The van der Waals surface area contributed by atoms with E-state index < -0.39 is 5.79 Å². The van der Waals surface area contributed by atoms with Gasteiger partial charge in [0.15, 0.2) is 5.79 Å². The Bertz CT molecular complexity index is 411. The molecule has 0 aromatic heterocycles. The van der Waals surface area contributed by atoms with Crippen molar-refractivity contribution in [2.24, 2.45) is 0 Å². The fraction of sp³-hybridized carbons (Fsp3) is 0.625. The molecule has 1 saturated heterocycles. The molecule has 19 heavy (non-hydrogen) atoms. The van der Waals surface area contributed by atoms with E-state index in [4.69, 9.17) is 14.2 Å². The first-order chi connectivity index (χ1) is 9.13. The first-order valence-electron chi connectivity index (χ1n) is 7.15. The van der Waals surface area contributed by atoms with Gasteiger partial charge in [-0.1, -0.05) is 13.3 Å². The standard InChI is InChI=1S/C16H24O3/c1-5-7-16(18-8-9-19-16)15-12(3)10-14(17-6-2)11-13(15)4/h10-11H,5-9H2,1-4H3. The number of hydrogen-bond acceptors (Lipinski definition) is 3. The van der Waals surface area contributed by atoms with Crippen molar-refractivity contribution in [2.45, 2.75) is 46.3 Å². The largest absolute Gasteiger partial charge is 0.494 e. The van der Waals surface area contributed by atoms with Gasteiger partial charge in [0.25, 0.3) is 0 Å². The zero-order valence-corrected chi connectivity index (χ0v) is 12.4. The topological polar surface area (TPSA) is 27.7 Å². The number of aryl methyl sites for hydroxylation is 2. The van der Waals surface area contributed by atoms with Gasteiger partial charge in [-0.25, -0.2) is 0 Å². The van der Waals surface area contributed by atoms with Gasteiger partial charge in [0, 0.05) is 12.0 Å². The summed E-state index contributed by atoms with van der Waals surface area (Å²) in [6, 6.07) is 4.16. The predicted octanol–water partition coefficient (Wildman–Crippen LogP) is 3.70. The van der Waals surface area contributed by atoms with Gasteiger partial charge in [0.1, 0.15) is 5.75 Å². The number of ether oxygens (including phenoxy) is 3. The maximum Gasteiger partial charge on any atom is 0.195 e. The molecule has 2 rings (SSSR count). The Kier molecular flexibility index (Phi) is 4.48. The van der Waals surface area contributed by atoms with E-state index in [0.717, 1.165) is 18.6 Å². The molecular formula is C16H24O3. The smallest absolute Gasteiger partial charge is 0.195 e. The number of benzene rings is 1. The Balaban J connectivity index is 2.42. The van der Waals surface area contributed by atoms with E-state index in [1.54, 1.807) is 0 Å². The molecule has 1 aromatic rings. The van der Waals surface area contributed by atoms with Crippen LogP contribution in [0.4, 0.5) is 0 Å². The minimum absolute atomic E-state index is 0.548. The van der Waals surface area contributed by atoms with Crippen LogP contribution in [-0.4, -0.2) is 19.8 Å². The summed E-state index contributed by atoms with van der Waals surface area (Å²) in [5.74, 6) is 0.374. The summed E-state index contributed by atoms with van der Waals surface area (Å²) in [7, 11) is 0. The SMILES string of the molecule is CCCC1(c2c(C)cc(OCC)cc2C)OCCO1. The number of hydrogen-bond donors (Lipinski definition) is 0. The third-order valence-electron chi connectivity index (χ3n) is 3.53. The van der Waals surface area contributed by atoms with Crippen LogP contribution in [0.25, 0.3) is 0 Å². The zero-order chi connectivity index (χ0) is 13.9. The summed E-state index contributed by atoms with van der Waals surface area (Å²) in [5, 5.41) is 0. The fourth-order valence-corrected chi connectivity index (χ4v) is 2.97. The Morgan fingerprint density at radius 1 is 1.11 bits per heavy atom. The van der Waals surface area contributed by atoms with Gasteiger partial charge in [-0.15, -0.1) is 0 Å². The van der Waals surface area contributed by atoms with Crippen molar-refractivity contribution in [3.63, 3.8) is 0 Å². The minimum Gasteiger partial charge on any atom is -0.494 e. The summed E-state index contributed by atoms with van der Waals surface area (Å²) in [4.78, 5) is 0. The normalized spacial score (nSPS) is 17.7. The molecular weight excluding hydrogens is 240 g/mol. The van der Waals surface area contributed by atoms with Crippen molar-refractivity contribution < 1.29 is 14.2 Å². The van der Waals surface area contributed by atoms with Crippen molar-refractivity contribution in [3.05, 3.63) is 28.8 Å². The highest BCUT2D eigenvalue weighted by Gasteiger charge is 2.40. The molecule has 0 atom stereocenters. The van der Waals surface area contributed by atoms with Crippen LogP contribution in [0.2, 0.25) is 0 Å². The first kappa shape index (κ1) is 14.4. The minimum atomic E-state index is -0.548. The molecule has 1 aliphatic rings. The highest BCUT2D eigenvalue weighted by molar-refractivity contribution is 5.44. The van der Waals surface area contributed by atoms with Crippen LogP contribution in [0.15, 0.2) is 12.1 Å². The van der Waals surface area contributed by atoms with E-state index >= 15 is 0 Å². The van der Waals surface area contributed by atoms with E-state index in [1.165, 1.54) is 16.7 Å². The zero-order valence-electron chi connectivity index (χ0n) is 12.4. The third kappa shape index (κ3) is 2.77. The molecule has 3 heteroatoms. The average molecular weight is 264 g/mol. The van der Waals surface area contributed by atoms with E-state index in [1.807, 2.05) is 6.92 Å². The fourth-order valence-electron chi connectivity index (χ4n) is 2.97. The number of rotatable bonds is 5. The van der Waals surface area contributed by atoms with Crippen molar-refractivity contribution >= 4 is 0 Å². The summed E-state index contributed by atoms with van der Waals surface area (Å²) in [6.07, 6.45) is 1.93. The van der Waals surface area contributed by atoms with E-state index in [9.17, 15) is 0 Å². The molecule has 0 N–H and O–H groups in total. The molecule has 1 aliphatic heterocycles. The second kappa shape index (κ2) is 5.93. The van der Waals surface area contributed by atoms with Crippen LogP contribution in [0.3, 0.4) is 0 Å². The van der Waals surface area contributed by atoms with Crippen molar-refractivity contribution in [3.8, 4) is 5.75 Å².